The molecule has 26 heavy (non-hydrogen) atoms. The summed E-state index contributed by atoms with van der Waals surface area (Å²) in [5.74, 6) is 0.496. The van der Waals surface area contributed by atoms with E-state index in [-0.39, 0.29) is 11.9 Å². The van der Waals surface area contributed by atoms with Crippen LogP contribution in [0.2, 0.25) is 0 Å². The molecular weight excluding hydrogens is 324 g/mol. The highest BCUT2D eigenvalue weighted by Crippen LogP contribution is 2.20. The van der Waals surface area contributed by atoms with E-state index in [4.69, 9.17) is 11.5 Å². The van der Waals surface area contributed by atoms with Crippen molar-refractivity contribution in [2.45, 2.75) is 53.4 Å². The van der Waals surface area contributed by atoms with Gasteiger partial charge in [-0.25, -0.2) is 19.9 Å². The van der Waals surface area contributed by atoms with E-state index >= 15 is 0 Å². The molecule has 0 amide bonds. The van der Waals surface area contributed by atoms with Gasteiger partial charge in [0.15, 0.2) is 0 Å². The van der Waals surface area contributed by atoms with Gasteiger partial charge in [0.25, 0.3) is 0 Å². The summed E-state index contributed by atoms with van der Waals surface area (Å²) in [5, 5.41) is 0. The Morgan fingerprint density at radius 3 is 1.46 bits per heavy atom. The lowest BCUT2D eigenvalue weighted by atomic mass is 10.1. The highest BCUT2D eigenvalue weighted by Gasteiger charge is 2.09. The number of anilines is 2. The van der Waals surface area contributed by atoms with Gasteiger partial charge < -0.3 is 11.5 Å². The van der Waals surface area contributed by atoms with Crippen LogP contribution >= 0.6 is 0 Å². The Balaban J connectivity index is 2.26. The van der Waals surface area contributed by atoms with Crippen molar-refractivity contribution in [1.82, 2.24) is 19.9 Å². The number of hydrogen-bond acceptors (Lipinski definition) is 6. The van der Waals surface area contributed by atoms with Gasteiger partial charge in [-0.15, -0.1) is 0 Å². The minimum atomic E-state index is 0.248. The fraction of sp³-hybridized carbons (Fsp3) is 0.400. The smallest absolute Gasteiger partial charge is 0.220 e. The highest BCUT2D eigenvalue weighted by atomic mass is 15.0. The third-order valence-electron chi connectivity index (χ3n) is 3.76. The number of hydrogen-bond donors (Lipinski definition) is 2. The largest absolute Gasteiger partial charge is 0.368 e. The predicted octanol–water partition coefficient (Wildman–Crippen LogP) is 3.90. The number of rotatable bonds is 7. The molecule has 2 aromatic heterocycles. The van der Waals surface area contributed by atoms with Crippen LogP contribution in [0.15, 0.2) is 35.4 Å². The Hall–Kier alpha value is -2.76. The van der Waals surface area contributed by atoms with Crippen molar-refractivity contribution in [3.05, 3.63) is 46.8 Å². The number of nitrogens with zero attached hydrogens (tertiary/aromatic N) is 4. The summed E-state index contributed by atoms with van der Waals surface area (Å²) in [6.07, 6.45) is 7.80. The van der Waals surface area contributed by atoms with E-state index in [9.17, 15) is 0 Å². The number of allylic oxidation sites excluding steroid dienone is 4. The molecule has 0 unspecified atom stereocenters. The van der Waals surface area contributed by atoms with E-state index < -0.39 is 0 Å². The van der Waals surface area contributed by atoms with Crippen molar-refractivity contribution in [3.8, 4) is 11.4 Å². The first-order valence-corrected chi connectivity index (χ1v) is 8.87. The van der Waals surface area contributed by atoms with E-state index in [0.29, 0.717) is 11.4 Å². The van der Waals surface area contributed by atoms with Crippen LogP contribution in [0.25, 0.3) is 11.4 Å². The Bertz CT molecular complexity index is 746. The molecule has 6 heteroatoms. The van der Waals surface area contributed by atoms with E-state index in [1.54, 1.807) is 0 Å². The SMILES string of the molecule is CC(C)=CCCc1cc(-c2cc(CCC=C(C)C)nc(N)n2)nc(N)n1. The Morgan fingerprint density at radius 1 is 0.731 bits per heavy atom. The normalized spacial score (nSPS) is 10.5. The molecule has 2 rings (SSSR count). The van der Waals surface area contributed by atoms with E-state index in [1.807, 2.05) is 12.1 Å². The van der Waals surface area contributed by atoms with Gasteiger partial charge in [0, 0.05) is 11.4 Å². The standard InChI is InChI=1S/C20H28N6/c1-13(2)7-5-9-15-11-17(25-19(21)23-15)18-12-16(24-20(22)26-18)10-6-8-14(3)4/h7-8,11-12H,5-6,9-10H2,1-4H3,(H2,21,23,25)(H2,22,24,26). The lowest BCUT2D eigenvalue weighted by Gasteiger charge is -2.07. The van der Waals surface area contributed by atoms with Gasteiger partial charge in [0.05, 0.1) is 11.4 Å². The van der Waals surface area contributed by atoms with Crippen molar-refractivity contribution in [2.75, 3.05) is 11.5 Å². The predicted molar refractivity (Wildman–Crippen MR) is 107 cm³/mol. The van der Waals surface area contributed by atoms with Crippen molar-refractivity contribution in [2.24, 2.45) is 0 Å². The van der Waals surface area contributed by atoms with Gasteiger partial charge in [-0.1, -0.05) is 23.3 Å². The average molecular weight is 352 g/mol. The monoisotopic (exact) mass is 352 g/mol. The van der Waals surface area contributed by atoms with Crippen molar-refractivity contribution >= 4 is 11.9 Å². The van der Waals surface area contributed by atoms with E-state index in [1.165, 1.54) is 11.1 Å². The van der Waals surface area contributed by atoms with Crippen LogP contribution < -0.4 is 11.5 Å². The average Bonchev–Trinajstić information content (AvgIpc) is 2.53. The van der Waals surface area contributed by atoms with Crippen LogP contribution in [0.4, 0.5) is 11.9 Å². The molecule has 0 bridgehead atoms. The van der Waals surface area contributed by atoms with Gasteiger partial charge in [-0.05, 0) is 65.5 Å². The van der Waals surface area contributed by atoms with E-state index in [0.717, 1.165) is 37.1 Å². The molecule has 0 aromatic carbocycles. The molecule has 138 valence electrons. The molecule has 0 aliphatic heterocycles. The maximum Gasteiger partial charge on any atom is 0.220 e. The molecule has 4 N–H and O–H groups in total. The zero-order chi connectivity index (χ0) is 19.1. The van der Waals surface area contributed by atoms with E-state index in [2.05, 4.69) is 59.8 Å². The second kappa shape index (κ2) is 9.08. The summed E-state index contributed by atoms with van der Waals surface area (Å²) >= 11 is 0. The van der Waals surface area contributed by atoms with Crippen LogP contribution in [-0.4, -0.2) is 19.9 Å². The number of nitrogens with two attached hydrogens (primary N) is 2. The van der Waals surface area contributed by atoms with Crippen LogP contribution in [0.1, 0.15) is 51.9 Å². The minimum absolute atomic E-state index is 0.248. The van der Waals surface area contributed by atoms with Gasteiger partial charge in [-0.3, -0.25) is 0 Å². The molecule has 2 heterocycles. The topological polar surface area (TPSA) is 104 Å². The summed E-state index contributed by atoms with van der Waals surface area (Å²) in [4.78, 5) is 17.3. The fourth-order valence-electron chi connectivity index (χ4n) is 2.57. The van der Waals surface area contributed by atoms with Crippen LogP contribution in [-0.2, 0) is 12.8 Å². The maximum atomic E-state index is 5.90. The summed E-state index contributed by atoms with van der Waals surface area (Å²) in [5.41, 5.74) is 17.5. The molecule has 6 nitrogen and oxygen atoms in total. The van der Waals surface area contributed by atoms with Gasteiger partial charge in [-0.2, -0.15) is 0 Å². The zero-order valence-electron chi connectivity index (χ0n) is 16.1. The third kappa shape index (κ3) is 6.27. The van der Waals surface area contributed by atoms with Crippen LogP contribution in [0, 0.1) is 0 Å². The summed E-state index contributed by atoms with van der Waals surface area (Å²) in [7, 11) is 0. The first-order chi connectivity index (χ1) is 12.3. The lowest BCUT2D eigenvalue weighted by molar-refractivity contribution is 0.917. The highest BCUT2D eigenvalue weighted by molar-refractivity contribution is 5.57. The van der Waals surface area contributed by atoms with Crippen molar-refractivity contribution < 1.29 is 0 Å². The molecule has 0 fully saturated rings. The summed E-state index contributed by atoms with van der Waals surface area (Å²) in [6, 6.07) is 3.85. The molecule has 0 atom stereocenters. The number of nitrogen functional groups attached to an aromatic ring is 2. The van der Waals surface area contributed by atoms with Gasteiger partial charge in [0.2, 0.25) is 11.9 Å². The van der Waals surface area contributed by atoms with Crippen molar-refractivity contribution in [3.63, 3.8) is 0 Å². The molecule has 0 saturated heterocycles. The molecule has 0 aliphatic carbocycles. The first kappa shape index (κ1) is 19.6. The molecule has 0 radical (unpaired) electrons. The molecule has 0 aliphatic rings. The molecule has 0 saturated carbocycles. The Kier molecular flexibility index (Phi) is 6.83. The quantitative estimate of drug-likeness (QED) is 0.733. The Labute approximate surface area is 155 Å². The molecule has 2 aromatic rings. The van der Waals surface area contributed by atoms with Crippen LogP contribution in [0.3, 0.4) is 0 Å². The zero-order valence-corrected chi connectivity index (χ0v) is 16.1. The maximum absolute atomic E-state index is 5.90. The van der Waals surface area contributed by atoms with Crippen molar-refractivity contribution in [1.29, 1.82) is 0 Å². The first-order valence-electron chi connectivity index (χ1n) is 8.87. The lowest BCUT2D eigenvalue weighted by Crippen LogP contribution is -2.05. The Morgan fingerprint density at radius 2 is 1.12 bits per heavy atom. The van der Waals surface area contributed by atoms with Crippen LogP contribution in [0.5, 0.6) is 0 Å². The molecular formula is C20H28N6. The minimum Gasteiger partial charge on any atom is -0.368 e. The number of aromatic nitrogens is 4. The molecule has 0 spiro atoms. The summed E-state index contributed by atoms with van der Waals surface area (Å²) in [6.45, 7) is 8.33. The second-order valence-electron chi connectivity index (χ2n) is 6.85. The van der Waals surface area contributed by atoms with Gasteiger partial charge in [0.1, 0.15) is 0 Å². The fourth-order valence-corrected chi connectivity index (χ4v) is 2.57. The third-order valence-corrected chi connectivity index (χ3v) is 3.76. The summed E-state index contributed by atoms with van der Waals surface area (Å²) < 4.78 is 0. The number of aryl methyl sites for hydroxylation is 2. The van der Waals surface area contributed by atoms with Gasteiger partial charge >= 0.3 is 0 Å². The second-order valence-corrected chi connectivity index (χ2v) is 6.85.